The molecule has 4 heteroatoms. The topological polar surface area (TPSA) is 12.0 Å². The number of anilines is 1. The first-order valence-corrected chi connectivity index (χ1v) is 8.71. The van der Waals surface area contributed by atoms with E-state index < -0.39 is 11.7 Å². The fourth-order valence-electron chi connectivity index (χ4n) is 4.32. The van der Waals surface area contributed by atoms with Gasteiger partial charge in [-0.3, -0.25) is 0 Å². The number of hydrogen-bond donors (Lipinski definition) is 1. The largest absolute Gasteiger partial charge is 0.416 e. The second-order valence-corrected chi connectivity index (χ2v) is 6.80. The number of rotatable bonds is 2. The molecule has 2 aliphatic rings. The summed E-state index contributed by atoms with van der Waals surface area (Å²) in [7, 11) is 0. The third kappa shape index (κ3) is 2.64. The molecule has 2 aromatic carbocycles. The summed E-state index contributed by atoms with van der Waals surface area (Å²) < 4.78 is 40.6. The van der Waals surface area contributed by atoms with Crippen molar-refractivity contribution in [2.75, 3.05) is 5.32 Å². The van der Waals surface area contributed by atoms with E-state index in [2.05, 4.69) is 36.5 Å². The molecule has 25 heavy (non-hydrogen) atoms. The van der Waals surface area contributed by atoms with Crippen molar-refractivity contribution in [2.24, 2.45) is 5.92 Å². The predicted molar refractivity (Wildman–Crippen MR) is 93.6 cm³/mol. The van der Waals surface area contributed by atoms with Crippen molar-refractivity contribution in [3.8, 4) is 0 Å². The molecular formula is C21H20F3N. The number of para-hydroxylation sites is 1. The minimum absolute atomic E-state index is 0.114. The fraction of sp³-hybridized carbons (Fsp3) is 0.333. The highest BCUT2D eigenvalue weighted by Gasteiger charge is 2.42. The number of nitrogens with one attached hydrogen (secondary N) is 1. The predicted octanol–water partition coefficient (Wildman–Crippen LogP) is 6.09. The molecule has 1 N–H and O–H groups in total. The normalized spacial score (nSPS) is 24.6. The van der Waals surface area contributed by atoms with Crippen LogP contribution >= 0.6 is 0 Å². The van der Waals surface area contributed by atoms with Gasteiger partial charge in [-0.2, -0.15) is 13.2 Å². The molecule has 1 aliphatic heterocycles. The zero-order valence-electron chi connectivity index (χ0n) is 14.0. The number of alkyl halides is 3. The smallest absolute Gasteiger partial charge is 0.377 e. The summed E-state index contributed by atoms with van der Waals surface area (Å²) in [5.74, 6) is 0.289. The van der Waals surface area contributed by atoms with Crippen LogP contribution in [-0.4, -0.2) is 0 Å². The molecule has 0 radical (unpaired) electrons. The Morgan fingerprint density at radius 2 is 1.80 bits per heavy atom. The number of halogens is 3. The van der Waals surface area contributed by atoms with Crippen molar-refractivity contribution in [1.82, 2.24) is 0 Å². The Balaban J connectivity index is 1.85. The SMILES string of the molecule is CCc1cccc2c1N[C@H](c1ccccc1C(F)(F)F)[C@@H]1CC=C[C@H]21. The minimum atomic E-state index is -4.34. The summed E-state index contributed by atoms with van der Waals surface area (Å²) in [5.41, 5.74) is 3.20. The molecule has 2 aromatic rings. The van der Waals surface area contributed by atoms with E-state index in [0.717, 1.165) is 24.1 Å². The monoisotopic (exact) mass is 343 g/mol. The maximum atomic E-state index is 13.5. The highest BCUT2D eigenvalue weighted by molar-refractivity contribution is 5.64. The fourth-order valence-corrected chi connectivity index (χ4v) is 4.32. The van der Waals surface area contributed by atoms with Gasteiger partial charge in [-0.1, -0.05) is 55.5 Å². The van der Waals surface area contributed by atoms with Crippen molar-refractivity contribution in [2.45, 2.75) is 37.9 Å². The molecule has 3 atom stereocenters. The number of aryl methyl sites for hydroxylation is 1. The Morgan fingerprint density at radius 3 is 2.56 bits per heavy atom. The van der Waals surface area contributed by atoms with Crippen LogP contribution in [0.4, 0.5) is 18.9 Å². The van der Waals surface area contributed by atoms with Crippen molar-refractivity contribution in [3.63, 3.8) is 0 Å². The van der Waals surface area contributed by atoms with Crippen LogP contribution in [0.5, 0.6) is 0 Å². The second kappa shape index (κ2) is 5.94. The Kier molecular flexibility index (Phi) is 3.86. The number of benzene rings is 2. The van der Waals surface area contributed by atoms with Crippen LogP contribution in [0.1, 0.15) is 47.6 Å². The van der Waals surface area contributed by atoms with E-state index in [4.69, 9.17) is 0 Å². The van der Waals surface area contributed by atoms with Crippen LogP contribution in [0, 0.1) is 5.92 Å². The lowest BCUT2D eigenvalue weighted by molar-refractivity contribution is -0.138. The molecule has 1 aliphatic carbocycles. The Morgan fingerprint density at radius 1 is 1.04 bits per heavy atom. The standard InChI is InChI=1S/C21H20F3N/c1-2-13-7-5-10-15-14-9-6-11-16(14)20(25-19(13)15)17-8-3-4-12-18(17)21(22,23)24/h3-10,12,14,16,20,25H,2,11H2,1H3/t14-,16-,20+/m1/s1. The Hall–Kier alpha value is -2.23. The van der Waals surface area contributed by atoms with Crippen LogP contribution < -0.4 is 5.32 Å². The summed E-state index contributed by atoms with van der Waals surface area (Å²) in [5, 5.41) is 3.48. The van der Waals surface area contributed by atoms with Crippen LogP contribution in [0.2, 0.25) is 0 Å². The quantitative estimate of drug-likeness (QED) is 0.650. The number of allylic oxidation sites excluding steroid dienone is 2. The molecule has 4 rings (SSSR count). The average molecular weight is 343 g/mol. The minimum Gasteiger partial charge on any atom is -0.377 e. The molecular weight excluding hydrogens is 323 g/mol. The lowest BCUT2D eigenvalue weighted by Crippen LogP contribution is -2.31. The van der Waals surface area contributed by atoms with E-state index in [0.29, 0.717) is 5.56 Å². The van der Waals surface area contributed by atoms with E-state index in [9.17, 15) is 13.2 Å². The molecule has 0 saturated carbocycles. The van der Waals surface area contributed by atoms with Gasteiger partial charge in [0.2, 0.25) is 0 Å². The maximum Gasteiger partial charge on any atom is 0.416 e. The Labute approximate surface area is 145 Å². The average Bonchev–Trinajstić information content (AvgIpc) is 3.09. The summed E-state index contributed by atoms with van der Waals surface area (Å²) in [6.45, 7) is 2.08. The molecule has 0 aromatic heterocycles. The molecule has 1 heterocycles. The molecule has 0 amide bonds. The first-order valence-electron chi connectivity index (χ1n) is 8.71. The Bertz CT molecular complexity index is 822. The van der Waals surface area contributed by atoms with Gasteiger partial charge in [0.05, 0.1) is 11.6 Å². The highest BCUT2D eigenvalue weighted by atomic mass is 19.4. The lowest BCUT2D eigenvalue weighted by atomic mass is 9.75. The summed E-state index contributed by atoms with van der Waals surface area (Å²) in [4.78, 5) is 0. The van der Waals surface area contributed by atoms with E-state index in [1.165, 1.54) is 17.7 Å². The first kappa shape index (κ1) is 16.2. The van der Waals surface area contributed by atoms with Crippen LogP contribution in [0.25, 0.3) is 0 Å². The van der Waals surface area contributed by atoms with Crippen molar-refractivity contribution < 1.29 is 13.2 Å². The van der Waals surface area contributed by atoms with Gasteiger partial charge in [0.15, 0.2) is 0 Å². The van der Waals surface area contributed by atoms with E-state index in [1.807, 2.05) is 6.07 Å². The van der Waals surface area contributed by atoms with Gasteiger partial charge in [0, 0.05) is 11.6 Å². The van der Waals surface area contributed by atoms with Gasteiger partial charge < -0.3 is 5.32 Å². The molecule has 0 fully saturated rings. The van der Waals surface area contributed by atoms with Crippen LogP contribution in [0.3, 0.4) is 0 Å². The zero-order chi connectivity index (χ0) is 17.6. The lowest BCUT2D eigenvalue weighted by Gasteiger charge is -2.39. The number of fused-ring (bicyclic) bond motifs is 3. The van der Waals surface area contributed by atoms with Crippen LogP contribution in [-0.2, 0) is 12.6 Å². The van der Waals surface area contributed by atoms with Gasteiger partial charge in [0.25, 0.3) is 0 Å². The second-order valence-electron chi connectivity index (χ2n) is 6.80. The van der Waals surface area contributed by atoms with E-state index in [1.54, 1.807) is 12.1 Å². The zero-order valence-corrected chi connectivity index (χ0v) is 14.0. The van der Waals surface area contributed by atoms with Gasteiger partial charge >= 0.3 is 6.18 Å². The first-order chi connectivity index (χ1) is 12.0. The van der Waals surface area contributed by atoms with E-state index in [-0.39, 0.29) is 17.9 Å². The molecule has 0 bridgehead atoms. The molecule has 1 nitrogen and oxygen atoms in total. The summed E-state index contributed by atoms with van der Waals surface area (Å²) >= 11 is 0. The third-order valence-corrected chi connectivity index (χ3v) is 5.47. The van der Waals surface area contributed by atoms with Gasteiger partial charge in [0.1, 0.15) is 0 Å². The van der Waals surface area contributed by atoms with Crippen molar-refractivity contribution >= 4 is 5.69 Å². The van der Waals surface area contributed by atoms with Gasteiger partial charge in [-0.25, -0.2) is 0 Å². The van der Waals surface area contributed by atoms with Crippen molar-refractivity contribution in [1.29, 1.82) is 0 Å². The van der Waals surface area contributed by atoms with Crippen molar-refractivity contribution in [3.05, 3.63) is 76.9 Å². The van der Waals surface area contributed by atoms with Gasteiger partial charge in [-0.15, -0.1) is 0 Å². The molecule has 130 valence electrons. The van der Waals surface area contributed by atoms with Gasteiger partial charge in [-0.05, 0) is 41.5 Å². The molecule has 0 spiro atoms. The van der Waals surface area contributed by atoms with E-state index >= 15 is 0 Å². The maximum absolute atomic E-state index is 13.5. The highest BCUT2D eigenvalue weighted by Crippen LogP contribution is 2.52. The molecule has 0 unspecified atom stereocenters. The molecule has 0 saturated heterocycles. The van der Waals surface area contributed by atoms with Crippen LogP contribution in [0.15, 0.2) is 54.6 Å². The summed E-state index contributed by atoms with van der Waals surface area (Å²) in [6.07, 6.45) is 1.57. The number of hydrogen-bond acceptors (Lipinski definition) is 1. The third-order valence-electron chi connectivity index (χ3n) is 5.47. The summed E-state index contributed by atoms with van der Waals surface area (Å²) in [6, 6.07) is 11.8.